The van der Waals surface area contributed by atoms with E-state index < -0.39 is 9.84 Å². The lowest BCUT2D eigenvalue weighted by Crippen LogP contribution is -2.34. The summed E-state index contributed by atoms with van der Waals surface area (Å²) in [6.45, 7) is 3.34. The molecule has 166 valence electrons. The number of benzene rings is 2. The van der Waals surface area contributed by atoms with Gasteiger partial charge in [0.25, 0.3) is 5.91 Å². The number of rotatable bonds is 8. The van der Waals surface area contributed by atoms with E-state index in [4.69, 9.17) is 9.47 Å². The van der Waals surface area contributed by atoms with E-state index in [0.717, 1.165) is 42.5 Å². The smallest absolute Gasteiger partial charge is 0.250 e. The molecule has 3 rings (SSSR count). The number of carbonyl (C=O) groups excluding carboxylic acids is 1. The Labute approximate surface area is 184 Å². The molecule has 0 N–H and O–H groups in total. The molecule has 1 aliphatic heterocycles. The van der Waals surface area contributed by atoms with Crippen molar-refractivity contribution >= 4 is 27.5 Å². The molecule has 0 unspecified atom stereocenters. The molecule has 0 fully saturated rings. The fourth-order valence-corrected chi connectivity index (χ4v) is 4.20. The summed E-state index contributed by atoms with van der Waals surface area (Å²) in [6, 6.07) is 10.5. The predicted octanol–water partition coefficient (Wildman–Crippen LogP) is 4.27. The number of fused-ring (bicyclic) bond motifs is 1. The molecule has 1 amide bonds. The summed E-state index contributed by atoms with van der Waals surface area (Å²) in [7, 11) is -1.68. The summed E-state index contributed by atoms with van der Waals surface area (Å²) in [4.78, 5) is 14.9. The highest BCUT2D eigenvalue weighted by Crippen LogP contribution is 2.31. The van der Waals surface area contributed by atoms with Crippen LogP contribution in [0.25, 0.3) is 6.08 Å². The monoisotopic (exact) mass is 443 g/mol. The minimum absolute atomic E-state index is 0.143. The quantitative estimate of drug-likeness (QED) is 0.450. The van der Waals surface area contributed by atoms with E-state index >= 15 is 0 Å². The Morgan fingerprint density at radius 2 is 1.97 bits per heavy atom. The molecule has 0 bridgehead atoms. The number of ether oxygens (including phenoxy) is 2. The van der Waals surface area contributed by atoms with Crippen LogP contribution in [0.2, 0.25) is 0 Å². The summed E-state index contributed by atoms with van der Waals surface area (Å²) < 4.78 is 34.8. The van der Waals surface area contributed by atoms with Crippen molar-refractivity contribution in [1.82, 2.24) is 0 Å². The number of hydrogen-bond donors (Lipinski definition) is 0. The van der Waals surface area contributed by atoms with Crippen molar-refractivity contribution in [3.63, 3.8) is 0 Å². The van der Waals surface area contributed by atoms with Crippen LogP contribution < -0.4 is 14.4 Å². The largest absolute Gasteiger partial charge is 0.493 e. The lowest BCUT2D eigenvalue weighted by atomic mass is 10.0. The molecule has 2 aromatic rings. The van der Waals surface area contributed by atoms with Crippen molar-refractivity contribution in [3.05, 3.63) is 53.6 Å². The second-order valence-corrected chi connectivity index (χ2v) is 9.62. The topological polar surface area (TPSA) is 72.9 Å². The Balaban J connectivity index is 1.76. The van der Waals surface area contributed by atoms with Crippen molar-refractivity contribution in [3.8, 4) is 11.5 Å². The van der Waals surface area contributed by atoms with Gasteiger partial charge in [-0.15, -0.1) is 0 Å². The van der Waals surface area contributed by atoms with E-state index in [0.29, 0.717) is 24.7 Å². The number of methoxy groups -OCH3 is 1. The van der Waals surface area contributed by atoms with Gasteiger partial charge in [-0.1, -0.05) is 19.4 Å². The Morgan fingerprint density at radius 1 is 1.16 bits per heavy atom. The molecular formula is C24H29NO5S. The molecule has 0 saturated heterocycles. The number of unbranched alkanes of at least 4 members (excludes halogenated alkanes) is 1. The summed E-state index contributed by atoms with van der Waals surface area (Å²) in [5.41, 5.74) is 2.48. The number of amides is 1. The van der Waals surface area contributed by atoms with Crippen LogP contribution in [0, 0.1) is 0 Å². The first-order valence-electron chi connectivity index (χ1n) is 10.5. The zero-order chi connectivity index (χ0) is 22.4. The third-order valence-electron chi connectivity index (χ3n) is 5.23. The molecule has 7 heteroatoms. The van der Waals surface area contributed by atoms with Crippen LogP contribution in [0.1, 0.15) is 37.3 Å². The maximum atomic E-state index is 12.9. The molecule has 2 aromatic carbocycles. The van der Waals surface area contributed by atoms with Gasteiger partial charge in [-0.2, -0.15) is 0 Å². The Bertz CT molecular complexity index is 1080. The average molecular weight is 444 g/mol. The molecule has 0 aromatic heterocycles. The fraction of sp³-hybridized carbons (Fsp3) is 0.375. The van der Waals surface area contributed by atoms with E-state index in [9.17, 15) is 13.2 Å². The van der Waals surface area contributed by atoms with Crippen LogP contribution in [-0.4, -0.2) is 40.8 Å². The molecule has 0 spiro atoms. The zero-order valence-corrected chi connectivity index (χ0v) is 19.1. The molecule has 0 saturated carbocycles. The van der Waals surface area contributed by atoms with Gasteiger partial charge in [0.2, 0.25) is 0 Å². The number of nitrogens with zero attached hydrogens (tertiary/aromatic N) is 1. The van der Waals surface area contributed by atoms with E-state index in [-0.39, 0.29) is 10.8 Å². The number of aryl methyl sites for hydroxylation is 1. The highest BCUT2D eigenvalue weighted by atomic mass is 32.2. The van der Waals surface area contributed by atoms with Gasteiger partial charge in [0, 0.05) is 24.6 Å². The van der Waals surface area contributed by atoms with Gasteiger partial charge in [-0.25, -0.2) is 8.42 Å². The zero-order valence-electron chi connectivity index (χ0n) is 18.3. The van der Waals surface area contributed by atoms with Crippen LogP contribution in [0.15, 0.2) is 47.4 Å². The number of hydrogen-bond acceptors (Lipinski definition) is 5. The average Bonchev–Trinajstić information content (AvgIpc) is 2.76. The van der Waals surface area contributed by atoms with E-state index in [1.807, 2.05) is 18.2 Å². The van der Waals surface area contributed by atoms with Gasteiger partial charge in [0.1, 0.15) is 0 Å². The lowest BCUT2D eigenvalue weighted by Gasteiger charge is -2.29. The van der Waals surface area contributed by atoms with Crippen LogP contribution in [0.3, 0.4) is 0 Å². The summed E-state index contributed by atoms with van der Waals surface area (Å²) in [5.74, 6) is 1.17. The molecule has 1 heterocycles. The Hall–Kier alpha value is -2.80. The molecular weight excluding hydrogens is 414 g/mol. The van der Waals surface area contributed by atoms with E-state index in [1.54, 1.807) is 36.3 Å². The van der Waals surface area contributed by atoms with Gasteiger partial charge >= 0.3 is 0 Å². The van der Waals surface area contributed by atoms with Gasteiger partial charge in [-0.05, 0) is 66.8 Å². The number of sulfone groups is 1. The maximum Gasteiger partial charge on any atom is 0.250 e. The number of carbonyl (C=O) groups is 1. The van der Waals surface area contributed by atoms with Crippen molar-refractivity contribution < 1.29 is 22.7 Å². The van der Waals surface area contributed by atoms with Crippen molar-refractivity contribution in [2.24, 2.45) is 0 Å². The minimum atomic E-state index is -3.28. The second kappa shape index (κ2) is 10.0. The van der Waals surface area contributed by atoms with Gasteiger partial charge in [0.15, 0.2) is 21.3 Å². The molecule has 0 radical (unpaired) electrons. The summed E-state index contributed by atoms with van der Waals surface area (Å²) in [6.07, 6.45) is 8.05. The minimum Gasteiger partial charge on any atom is -0.493 e. The first-order valence-corrected chi connectivity index (χ1v) is 12.4. The molecule has 1 aliphatic rings. The van der Waals surface area contributed by atoms with Gasteiger partial charge in [0.05, 0.1) is 18.6 Å². The highest BCUT2D eigenvalue weighted by molar-refractivity contribution is 7.90. The SMILES string of the molecule is CCCCOc1ccc(/C=C/C(=O)N2CCCc3cc(S(C)(=O)=O)ccc32)cc1OC. The van der Waals surface area contributed by atoms with Crippen molar-refractivity contribution in [2.45, 2.75) is 37.5 Å². The van der Waals surface area contributed by atoms with Gasteiger partial charge in [-0.3, -0.25) is 4.79 Å². The number of anilines is 1. The van der Waals surface area contributed by atoms with Crippen molar-refractivity contribution in [1.29, 1.82) is 0 Å². The lowest BCUT2D eigenvalue weighted by molar-refractivity contribution is -0.114. The summed E-state index contributed by atoms with van der Waals surface area (Å²) >= 11 is 0. The second-order valence-electron chi connectivity index (χ2n) is 7.60. The van der Waals surface area contributed by atoms with E-state index in [2.05, 4.69) is 6.92 Å². The normalized spacial score (nSPS) is 13.8. The van der Waals surface area contributed by atoms with E-state index in [1.165, 1.54) is 12.3 Å². The molecule has 0 aliphatic carbocycles. The Morgan fingerprint density at radius 3 is 2.68 bits per heavy atom. The molecule has 0 atom stereocenters. The predicted molar refractivity (Wildman–Crippen MR) is 123 cm³/mol. The fourth-order valence-electron chi connectivity index (χ4n) is 3.52. The van der Waals surface area contributed by atoms with Crippen LogP contribution >= 0.6 is 0 Å². The first kappa shape index (κ1) is 22.9. The maximum absolute atomic E-state index is 12.9. The standard InChI is InChI=1S/C24H29NO5S/c1-4-5-15-30-22-12-8-18(16-23(22)29-2)9-13-24(26)25-14-6-7-19-17-20(31(3,27)28)10-11-21(19)25/h8-13,16-17H,4-7,14-15H2,1-3H3/b13-9+. The first-order chi connectivity index (χ1) is 14.8. The van der Waals surface area contributed by atoms with Crippen LogP contribution in [0.4, 0.5) is 5.69 Å². The van der Waals surface area contributed by atoms with Crippen molar-refractivity contribution in [2.75, 3.05) is 31.4 Å². The highest BCUT2D eigenvalue weighted by Gasteiger charge is 2.22. The van der Waals surface area contributed by atoms with Crippen LogP contribution in [-0.2, 0) is 21.1 Å². The third-order valence-corrected chi connectivity index (χ3v) is 6.34. The van der Waals surface area contributed by atoms with Gasteiger partial charge < -0.3 is 14.4 Å². The third kappa shape index (κ3) is 5.67. The molecule has 6 nitrogen and oxygen atoms in total. The molecule has 31 heavy (non-hydrogen) atoms. The summed E-state index contributed by atoms with van der Waals surface area (Å²) in [5, 5.41) is 0. The van der Waals surface area contributed by atoms with Crippen LogP contribution in [0.5, 0.6) is 11.5 Å². The Kier molecular flexibility index (Phi) is 7.38.